The first-order valence-corrected chi connectivity index (χ1v) is 8.72. The number of hydrogen-bond donors (Lipinski definition) is 2. The van der Waals surface area contributed by atoms with E-state index >= 15 is 0 Å². The Balaban J connectivity index is 3.39. The third-order valence-corrected chi connectivity index (χ3v) is 4.35. The van der Waals surface area contributed by atoms with E-state index in [0.717, 1.165) is 12.8 Å². The summed E-state index contributed by atoms with van der Waals surface area (Å²) in [6, 6.07) is 0. The van der Waals surface area contributed by atoms with Crippen molar-refractivity contribution in [1.29, 1.82) is 0 Å². The highest BCUT2D eigenvalue weighted by Gasteiger charge is 2.19. The minimum Gasteiger partial charge on any atom is -0.299 e. The van der Waals surface area contributed by atoms with Crippen LogP contribution in [0.2, 0.25) is 0 Å². The van der Waals surface area contributed by atoms with Gasteiger partial charge in [-0.25, -0.2) is 0 Å². The molecule has 0 amide bonds. The summed E-state index contributed by atoms with van der Waals surface area (Å²) in [5.41, 5.74) is 0. The van der Waals surface area contributed by atoms with Crippen molar-refractivity contribution in [2.75, 3.05) is 6.54 Å². The van der Waals surface area contributed by atoms with Crippen LogP contribution in [0.15, 0.2) is 0 Å². The molecule has 0 saturated heterocycles. The van der Waals surface area contributed by atoms with Gasteiger partial charge in [-0.2, -0.15) is 8.42 Å². The zero-order valence-electron chi connectivity index (χ0n) is 11.8. The highest BCUT2D eigenvalue weighted by atomic mass is 32.2. The highest BCUT2D eigenvalue weighted by Crippen LogP contribution is 2.08. The van der Waals surface area contributed by atoms with Gasteiger partial charge in [0.1, 0.15) is 5.37 Å². The van der Waals surface area contributed by atoms with E-state index in [0.29, 0.717) is 13.0 Å². The lowest BCUT2D eigenvalue weighted by Gasteiger charge is -2.13. The predicted molar refractivity (Wildman–Crippen MR) is 76.2 cm³/mol. The number of unbranched alkanes of at least 4 members (excludes halogenated alkanes) is 7. The molecule has 0 saturated carbocycles. The zero-order chi connectivity index (χ0) is 13.9. The minimum atomic E-state index is -3.93. The van der Waals surface area contributed by atoms with Crippen molar-refractivity contribution >= 4 is 10.1 Å². The SMILES string of the molecule is CCCCCCCCCCNC(CC)S(=O)(=O)O. The molecule has 0 radical (unpaired) electrons. The van der Waals surface area contributed by atoms with Crippen LogP contribution in [-0.2, 0) is 10.1 Å². The second-order valence-electron chi connectivity index (χ2n) is 4.84. The lowest BCUT2D eigenvalue weighted by atomic mass is 10.1. The molecule has 0 aromatic rings. The Bertz CT molecular complexity index is 278. The first kappa shape index (κ1) is 17.9. The van der Waals surface area contributed by atoms with Gasteiger partial charge in [0.05, 0.1) is 0 Å². The molecule has 0 rings (SSSR count). The molecule has 0 spiro atoms. The van der Waals surface area contributed by atoms with Crippen molar-refractivity contribution in [3.63, 3.8) is 0 Å². The Morgan fingerprint density at radius 2 is 1.44 bits per heavy atom. The number of rotatable bonds is 12. The molecule has 0 bridgehead atoms. The Morgan fingerprint density at radius 1 is 0.944 bits per heavy atom. The van der Waals surface area contributed by atoms with Crippen LogP contribution in [0.5, 0.6) is 0 Å². The quantitative estimate of drug-likeness (QED) is 0.425. The summed E-state index contributed by atoms with van der Waals surface area (Å²) >= 11 is 0. The van der Waals surface area contributed by atoms with Crippen LogP contribution < -0.4 is 5.32 Å². The summed E-state index contributed by atoms with van der Waals surface area (Å²) in [5, 5.41) is 2.08. The number of nitrogens with one attached hydrogen (secondary N) is 1. The highest BCUT2D eigenvalue weighted by molar-refractivity contribution is 7.86. The lowest BCUT2D eigenvalue weighted by Crippen LogP contribution is -2.36. The van der Waals surface area contributed by atoms with Crippen LogP contribution in [0.3, 0.4) is 0 Å². The largest absolute Gasteiger partial charge is 0.299 e. The van der Waals surface area contributed by atoms with Crippen molar-refractivity contribution in [3.8, 4) is 0 Å². The third kappa shape index (κ3) is 9.85. The topological polar surface area (TPSA) is 66.4 Å². The van der Waals surface area contributed by atoms with Gasteiger partial charge in [0.15, 0.2) is 0 Å². The van der Waals surface area contributed by atoms with Crippen LogP contribution in [-0.4, -0.2) is 24.9 Å². The minimum absolute atomic E-state index is 0.399. The third-order valence-electron chi connectivity index (χ3n) is 3.13. The van der Waals surface area contributed by atoms with Crippen molar-refractivity contribution < 1.29 is 13.0 Å². The molecule has 0 aromatic carbocycles. The van der Waals surface area contributed by atoms with Crippen LogP contribution in [0.4, 0.5) is 0 Å². The first-order valence-electron chi connectivity index (χ1n) is 7.22. The fraction of sp³-hybridized carbons (Fsp3) is 1.00. The van der Waals surface area contributed by atoms with E-state index in [1.54, 1.807) is 6.92 Å². The zero-order valence-corrected chi connectivity index (χ0v) is 12.6. The molecule has 4 nitrogen and oxygen atoms in total. The summed E-state index contributed by atoms with van der Waals surface area (Å²) in [5.74, 6) is 0. The Kier molecular flexibility index (Phi) is 10.7. The maximum absolute atomic E-state index is 10.9. The molecule has 110 valence electrons. The summed E-state index contributed by atoms with van der Waals surface area (Å²) in [6.07, 6.45) is 10.2. The number of hydrogen-bond acceptors (Lipinski definition) is 3. The molecule has 0 aromatic heterocycles. The normalized spacial score (nSPS) is 13.7. The van der Waals surface area contributed by atoms with Crippen molar-refractivity contribution in [3.05, 3.63) is 0 Å². The van der Waals surface area contributed by atoms with E-state index in [2.05, 4.69) is 12.2 Å². The van der Waals surface area contributed by atoms with E-state index in [1.165, 1.54) is 38.5 Å². The smallest absolute Gasteiger partial charge is 0.281 e. The van der Waals surface area contributed by atoms with E-state index in [1.807, 2.05) is 0 Å². The van der Waals surface area contributed by atoms with E-state index in [9.17, 15) is 8.42 Å². The molecule has 1 atom stereocenters. The molecule has 0 aliphatic heterocycles. The van der Waals surface area contributed by atoms with Crippen LogP contribution >= 0.6 is 0 Å². The Labute approximate surface area is 112 Å². The monoisotopic (exact) mass is 279 g/mol. The van der Waals surface area contributed by atoms with Gasteiger partial charge >= 0.3 is 0 Å². The maximum Gasteiger partial charge on any atom is 0.281 e. The van der Waals surface area contributed by atoms with Crippen molar-refractivity contribution in [2.45, 2.75) is 77.0 Å². The van der Waals surface area contributed by atoms with Crippen molar-refractivity contribution in [1.82, 2.24) is 5.32 Å². The maximum atomic E-state index is 10.9. The van der Waals surface area contributed by atoms with Gasteiger partial charge < -0.3 is 0 Å². The summed E-state index contributed by atoms with van der Waals surface area (Å²) < 4.78 is 30.8. The van der Waals surface area contributed by atoms with Gasteiger partial charge in [0, 0.05) is 0 Å². The molecular weight excluding hydrogens is 250 g/mol. The fourth-order valence-electron chi connectivity index (χ4n) is 1.98. The molecule has 0 fully saturated rings. The van der Waals surface area contributed by atoms with Crippen molar-refractivity contribution in [2.24, 2.45) is 0 Å². The van der Waals surface area contributed by atoms with Gasteiger partial charge in [-0.3, -0.25) is 9.87 Å². The molecule has 5 heteroatoms. The summed E-state index contributed by atoms with van der Waals surface area (Å²) in [6.45, 7) is 4.62. The van der Waals surface area contributed by atoms with Gasteiger partial charge in [-0.05, 0) is 19.4 Å². The molecule has 18 heavy (non-hydrogen) atoms. The molecule has 2 N–H and O–H groups in total. The van der Waals surface area contributed by atoms with E-state index in [4.69, 9.17) is 4.55 Å². The van der Waals surface area contributed by atoms with Gasteiger partial charge in [-0.1, -0.05) is 58.8 Å². The van der Waals surface area contributed by atoms with Crippen LogP contribution in [0, 0.1) is 0 Å². The van der Waals surface area contributed by atoms with Gasteiger partial charge in [-0.15, -0.1) is 0 Å². The molecular formula is C13H29NO3S. The first-order chi connectivity index (χ1) is 8.52. The van der Waals surface area contributed by atoms with Crippen LogP contribution in [0.25, 0.3) is 0 Å². The average molecular weight is 279 g/mol. The summed E-state index contributed by atoms with van der Waals surface area (Å²) in [7, 11) is -3.93. The Morgan fingerprint density at radius 3 is 1.89 bits per heavy atom. The molecule has 0 aliphatic carbocycles. The standard InChI is InChI=1S/C13H29NO3S/c1-3-5-6-7-8-9-10-11-12-14-13(4-2)18(15,16)17/h13-14H,3-12H2,1-2H3,(H,15,16,17). The second-order valence-corrected chi connectivity index (χ2v) is 6.44. The second kappa shape index (κ2) is 10.8. The van der Waals surface area contributed by atoms with E-state index in [-0.39, 0.29) is 0 Å². The molecule has 0 aliphatic rings. The van der Waals surface area contributed by atoms with E-state index < -0.39 is 15.5 Å². The van der Waals surface area contributed by atoms with Gasteiger partial charge in [0.2, 0.25) is 0 Å². The lowest BCUT2D eigenvalue weighted by molar-refractivity contribution is 0.441. The van der Waals surface area contributed by atoms with Crippen LogP contribution in [0.1, 0.15) is 71.6 Å². The molecule has 1 unspecified atom stereocenters. The average Bonchev–Trinajstić information content (AvgIpc) is 2.30. The molecule has 0 heterocycles. The summed E-state index contributed by atoms with van der Waals surface area (Å²) in [4.78, 5) is 0. The fourth-order valence-corrected chi connectivity index (χ4v) is 2.73. The predicted octanol–water partition coefficient (Wildman–Crippen LogP) is 3.34. The van der Waals surface area contributed by atoms with Gasteiger partial charge in [0.25, 0.3) is 10.1 Å². The Hall–Kier alpha value is -0.130.